The highest BCUT2D eigenvalue weighted by Crippen LogP contribution is 2.31. The van der Waals surface area contributed by atoms with Crippen LogP contribution >= 0.6 is 0 Å². The number of para-hydroxylation sites is 1. The van der Waals surface area contributed by atoms with Crippen molar-refractivity contribution in [3.63, 3.8) is 0 Å². The number of benzene rings is 1. The first kappa shape index (κ1) is 10.5. The lowest BCUT2D eigenvalue weighted by Gasteiger charge is -2.01. The maximum atomic E-state index is 12.4. The van der Waals surface area contributed by atoms with E-state index in [-0.39, 0.29) is 16.5 Å². The van der Waals surface area contributed by atoms with E-state index in [1.54, 1.807) is 0 Å². The largest absolute Gasteiger partial charge is 0.478 e. The smallest absolute Gasteiger partial charge is 0.431 e. The van der Waals surface area contributed by atoms with Gasteiger partial charge in [0.1, 0.15) is 5.69 Å². The van der Waals surface area contributed by atoms with E-state index in [2.05, 4.69) is 4.98 Å². The Morgan fingerprint density at radius 2 is 2.00 bits per heavy atom. The van der Waals surface area contributed by atoms with Crippen LogP contribution in [0, 0.1) is 0 Å². The Labute approximate surface area is 87.5 Å². The van der Waals surface area contributed by atoms with Gasteiger partial charge in [0.05, 0.1) is 11.1 Å². The van der Waals surface area contributed by atoms with Gasteiger partial charge in [-0.15, -0.1) is 0 Å². The molecule has 0 radical (unpaired) electrons. The Hall–Kier alpha value is -1.98. The number of aromatic amines is 1. The average Bonchev–Trinajstić information content (AvgIpc) is 2.59. The van der Waals surface area contributed by atoms with Crippen molar-refractivity contribution < 1.29 is 23.1 Å². The number of aromatic nitrogens is 1. The summed E-state index contributed by atoms with van der Waals surface area (Å²) in [5, 5.41) is 9.02. The Kier molecular flexibility index (Phi) is 2.15. The summed E-state index contributed by atoms with van der Waals surface area (Å²) in [5.41, 5.74) is -1.13. The van der Waals surface area contributed by atoms with Crippen molar-refractivity contribution in [1.29, 1.82) is 0 Å². The number of hydrogen-bond donors (Lipinski definition) is 2. The molecule has 1 heterocycles. The van der Waals surface area contributed by atoms with Crippen molar-refractivity contribution in [3.05, 3.63) is 35.5 Å². The van der Waals surface area contributed by atoms with Crippen LogP contribution in [-0.2, 0) is 6.18 Å². The van der Waals surface area contributed by atoms with Crippen LogP contribution in [0.4, 0.5) is 13.2 Å². The zero-order valence-corrected chi connectivity index (χ0v) is 7.80. The minimum atomic E-state index is -4.51. The van der Waals surface area contributed by atoms with Gasteiger partial charge in [-0.05, 0) is 12.1 Å². The van der Waals surface area contributed by atoms with Crippen LogP contribution in [0.1, 0.15) is 16.1 Å². The van der Waals surface area contributed by atoms with Gasteiger partial charge in [0.2, 0.25) is 0 Å². The minimum absolute atomic E-state index is 0.0117. The third-order valence-corrected chi connectivity index (χ3v) is 2.19. The molecule has 0 saturated carbocycles. The highest BCUT2D eigenvalue weighted by molar-refractivity contribution is 6.02. The first-order valence-corrected chi connectivity index (χ1v) is 4.32. The molecule has 2 aromatic rings. The summed E-state index contributed by atoms with van der Waals surface area (Å²) in [6, 6.07) is 4.97. The molecule has 2 rings (SSSR count). The number of fused-ring (bicyclic) bond motifs is 1. The molecule has 0 atom stereocenters. The molecule has 0 aliphatic rings. The fourth-order valence-corrected chi connectivity index (χ4v) is 1.49. The number of carbonyl (C=O) groups is 1. The van der Waals surface area contributed by atoms with E-state index in [0.29, 0.717) is 0 Å². The summed E-state index contributed by atoms with van der Waals surface area (Å²) < 4.78 is 37.1. The number of hydrogen-bond acceptors (Lipinski definition) is 1. The molecule has 1 aromatic carbocycles. The number of nitrogens with one attached hydrogen (secondary N) is 1. The fraction of sp³-hybridized carbons (Fsp3) is 0.100. The van der Waals surface area contributed by atoms with Crippen molar-refractivity contribution in [2.75, 3.05) is 0 Å². The number of carboxylic acids is 1. The van der Waals surface area contributed by atoms with Gasteiger partial charge < -0.3 is 10.1 Å². The van der Waals surface area contributed by atoms with Crippen LogP contribution < -0.4 is 0 Å². The Morgan fingerprint density at radius 1 is 1.31 bits per heavy atom. The van der Waals surface area contributed by atoms with E-state index in [0.717, 1.165) is 6.07 Å². The molecule has 84 valence electrons. The van der Waals surface area contributed by atoms with Crippen molar-refractivity contribution >= 4 is 16.9 Å². The second kappa shape index (κ2) is 3.26. The van der Waals surface area contributed by atoms with E-state index in [1.807, 2.05) is 0 Å². The average molecular weight is 229 g/mol. The number of alkyl halides is 3. The maximum absolute atomic E-state index is 12.4. The monoisotopic (exact) mass is 229 g/mol. The lowest BCUT2D eigenvalue weighted by Crippen LogP contribution is -2.05. The van der Waals surface area contributed by atoms with Crippen molar-refractivity contribution in [3.8, 4) is 0 Å². The molecule has 0 amide bonds. The van der Waals surface area contributed by atoms with Gasteiger partial charge in [-0.1, -0.05) is 12.1 Å². The number of aromatic carboxylic acids is 1. The zero-order valence-electron chi connectivity index (χ0n) is 7.80. The van der Waals surface area contributed by atoms with Crippen LogP contribution in [0.25, 0.3) is 10.9 Å². The van der Waals surface area contributed by atoms with Crippen molar-refractivity contribution in [1.82, 2.24) is 4.98 Å². The van der Waals surface area contributed by atoms with Crippen LogP contribution in [0.2, 0.25) is 0 Å². The summed E-state index contributed by atoms with van der Waals surface area (Å²) in [4.78, 5) is 12.9. The van der Waals surface area contributed by atoms with Crippen LogP contribution in [-0.4, -0.2) is 16.1 Å². The molecule has 0 spiro atoms. The van der Waals surface area contributed by atoms with E-state index in [9.17, 15) is 18.0 Å². The Balaban J connectivity index is 2.71. The molecule has 0 unspecified atom stereocenters. The fourth-order valence-electron chi connectivity index (χ4n) is 1.49. The van der Waals surface area contributed by atoms with Crippen LogP contribution in [0.5, 0.6) is 0 Å². The number of H-pyrrole nitrogens is 1. The topological polar surface area (TPSA) is 53.1 Å². The highest BCUT2D eigenvalue weighted by atomic mass is 19.4. The summed E-state index contributed by atoms with van der Waals surface area (Å²) in [6.45, 7) is 0. The van der Waals surface area contributed by atoms with Gasteiger partial charge in [0.25, 0.3) is 0 Å². The second-order valence-electron chi connectivity index (χ2n) is 3.26. The normalized spacial score (nSPS) is 11.9. The summed E-state index contributed by atoms with van der Waals surface area (Å²) in [5.74, 6) is -1.26. The van der Waals surface area contributed by atoms with Gasteiger partial charge in [0, 0.05) is 5.39 Å². The van der Waals surface area contributed by atoms with Crippen molar-refractivity contribution in [2.45, 2.75) is 6.18 Å². The molecule has 0 saturated heterocycles. The second-order valence-corrected chi connectivity index (χ2v) is 3.26. The molecule has 0 bridgehead atoms. The zero-order chi connectivity index (χ0) is 11.9. The molecule has 1 aromatic heterocycles. The minimum Gasteiger partial charge on any atom is -0.478 e. The lowest BCUT2D eigenvalue weighted by molar-refractivity contribution is -0.140. The predicted octanol–water partition coefficient (Wildman–Crippen LogP) is 2.88. The third-order valence-electron chi connectivity index (χ3n) is 2.19. The Morgan fingerprint density at radius 3 is 2.56 bits per heavy atom. The molecule has 6 heteroatoms. The molecule has 2 N–H and O–H groups in total. The molecular weight excluding hydrogens is 223 g/mol. The molecule has 0 aliphatic heterocycles. The van der Waals surface area contributed by atoms with E-state index >= 15 is 0 Å². The molecular formula is C10H6F3NO2. The van der Waals surface area contributed by atoms with Gasteiger partial charge >= 0.3 is 12.1 Å². The third kappa shape index (κ3) is 1.62. The van der Waals surface area contributed by atoms with Crippen LogP contribution in [0.3, 0.4) is 0 Å². The van der Waals surface area contributed by atoms with Crippen molar-refractivity contribution in [2.24, 2.45) is 0 Å². The molecule has 0 fully saturated rings. The van der Waals surface area contributed by atoms with Gasteiger partial charge in [-0.25, -0.2) is 4.79 Å². The molecule has 0 aliphatic carbocycles. The first-order chi connectivity index (χ1) is 7.39. The predicted molar refractivity (Wildman–Crippen MR) is 50.3 cm³/mol. The van der Waals surface area contributed by atoms with Crippen LogP contribution in [0.15, 0.2) is 24.3 Å². The lowest BCUT2D eigenvalue weighted by atomic mass is 10.1. The summed E-state index contributed by atoms with van der Waals surface area (Å²) >= 11 is 0. The molecule has 16 heavy (non-hydrogen) atoms. The van der Waals surface area contributed by atoms with E-state index in [4.69, 9.17) is 5.11 Å². The summed E-state index contributed by atoms with van der Waals surface area (Å²) in [6.07, 6.45) is -4.51. The number of rotatable bonds is 1. The molecule has 3 nitrogen and oxygen atoms in total. The highest BCUT2D eigenvalue weighted by Gasteiger charge is 2.33. The van der Waals surface area contributed by atoms with E-state index in [1.165, 1.54) is 18.2 Å². The maximum Gasteiger partial charge on any atom is 0.431 e. The van der Waals surface area contributed by atoms with Gasteiger partial charge in [0.15, 0.2) is 0 Å². The summed E-state index contributed by atoms with van der Waals surface area (Å²) in [7, 11) is 0. The first-order valence-electron chi connectivity index (χ1n) is 4.32. The number of halogens is 3. The quantitative estimate of drug-likeness (QED) is 0.789. The Bertz CT molecular complexity index is 557. The van der Waals surface area contributed by atoms with E-state index < -0.39 is 17.8 Å². The van der Waals surface area contributed by atoms with Gasteiger partial charge in [-0.2, -0.15) is 13.2 Å². The number of carboxylic acid groups (broad SMARTS) is 1. The SMILES string of the molecule is O=C(O)c1cccc2cc(C(F)(F)F)[nH]c12. The standard InChI is InChI=1S/C10H6F3NO2/c11-10(12,13)7-4-5-2-1-3-6(9(15)16)8(5)14-7/h1-4,14H,(H,15,16). The van der Waals surface area contributed by atoms with Gasteiger partial charge in [-0.3, -0.25) is 0 Å².